The molecular formula is C14H18N4. The summed E-state index contributed by atoms with van der Waals surface area (Å²) in [6, 6.07) is 8.09. The number of aliphatic imine (C=N–C) groups is 2. The highest BCUT2D eigenvalue weighted by atomic mass is 14.9. The van der Waals surface area contributed by atoms with Crippen molar-refractivity contribution in [3.8, 4) is 0 Å². The van der Waals surface area contributed by atoms with Gasteiger partial charge in [-0.05, 0) is 24.3 Å². The molecule has 0 bridgehead atoms. The Bertz CT molecular complexity index is 495. The quantitative estimate of drug-likeness (QED) is 0.567. The lowest BCUT2D eigenvalue weighted by atomic mass is 10.4. The summed E-state index contributed by atoms with van der Waals surface area (Å²) in [7, 11) is 4.02. The number of rotatable bonds is 5. The van der Waals surface area contributed by atoms with E-state index in [1.807, 2.05) is 72.3 Å². The molecule has 0 fully saturated rings. The molecule has 0 N–H and O–H groups in total. The van der Waals surface area contributed by atoms with Gasteiger partial charge in [0, 0.05) is 38.9 Å². The zero-order chi connectivity index (χ0) is 12.8. The zero-order valence-electron chi connectivity index (χ0n) is 10.8. The molecule has 0 spiro atoms. The van der Waals surface area contributed by atoms with Gasteiger partial charge in [-0.25, -0.2) is 0 Å². The largest absolute Gasteiger partial charge is 0.350 e. The molecule has 94 valence electrons. The van der Waals surface area contributed by atoms with E-state index in [9.17, 15) is 0 Å². The molecule has 0 radical (unpaired) electrons. The van der Waals surface area contributed by atoms with Gasteiger partial charge in [-0.15, -0.1) is 0 Å². The molecule has 0 amide bonds. The van der Waals surface area contributed by atoms with Crippen LogP contribution >= 0.6 is 0 Å². The van der Waals surface area contributed by atoms with E-state index in [-0.39, 0.29) is 0 Å². The van der Waals surface area contributed by atoms with Crippen LogP contribution in [0.4, 0.5) is 0 Å². The Morgan fingerprint density at radius 3 is 1.67 bits per heavy atom. The van der Waals surface area contributed by atoms with E-state index in [1.54, 1.807) is 0 Å². The third-order valence-electron chi connectivity index (χ3n) is 2.77. The van der Waals surface area contributed by atoms with Crippen molar-refractivity contribution >= 4 is 12.4 Å². The van der Waals surface area contributed by atoms with Crippen LogP contribution in [0.15, 0.2) is 46.6 Å². The average molecular weight is 242 g/mol. The Morgan fingerprint density at radius 1 is 0.889 bits per heavy atom. The maximum Gasteiger partial charge on any atom is 0.0586 e. The van der Waals surface area contributed by atoms with E-state index in [2.05, 4.69) is 9.98 Å². The third-order valence-corrected chi connectivity index (χ3v) is 2.77. The normalized spacial score (nSPS) is 11.9. The highest BCUT2D eigenvalue weighted by Gasteiger charge is 1.91. The standard InChI is InChI=1S/C14H18N4/c1-17-9-3-5-13(17)11-15-7-8-16-12-14-6-4-10-18(14)2/h3-6,9-12H,7-8H2,1-2H3/b15-11+,16-12+. The molecule has 2 rings (SSSR count). The predicted octanol–water partition coefficient (Wildman–Crippen LogP) is 1.90. The Morgan fingerprint density at radius 2 is 1.33 bits per heavy atom. The lowest BCUT2D eigenvalue weighted by Crippen LogP contribution is -1.96. The molecule has 0 unspecified atom stereocenters. The summed E-state index contributed by atoms with van der Waals surface area (Å²) < 4.78 is 4.08. The molecule has 0 aliphatic heterocycles. The lowest BCUT2D eigenvalue weighted by Gasteiger charge is -1.96. The van der Waals surface area contributed by atoms with Crippen LogP contribution in [-0.2, 0) is 14.1 Å². The first kappa shape index (κ1) is 12.4. The van der Waals surface area contributed by atoms with Gasteiger partial charge in [0.2, 0.25) is 0 Å². The Balaban J connectivity index is 1.77. The van der Waals surface area contributed by atoms with Crippen LogP contribution in [0.5, 0.6) is 0 Å². The smallest absolute Gasteiger partial charge is 0.0586 e. The number of hydrogen-bond donors (Lipinski definition) is 0. The van der Waals surface area contributed by atoms with E-state index >= 15 is 0 Å². The molecule has 0 saturated heterocycles. The molecule has 0 aliphatic rings. The molecular weight excluding hydrogens is 224 g/mol. The second-order valence-corrected chi connectivity index (χ2v) is 4.16. The van der Waals surface area contributed by atoms with Crippen molar-refractivity contribution in [3.05, 3.63) is 48.0 Å². The maximum atomic E-state index is 4.35. The van der Waals surface area contributed by atoms with Crippen LogP contribution in [0.3, 0.4) is 0 Å². The van der Waals surface area contributed by atoms with Crippen molar-refractivity contribution in [2.45, 2.75) is 0 Å². The van der Waals surface area contributed by atoms with E-state index in [0.29, 0.717) is 13.1 Å². The third kappa shape index (κ3) is 3.20. The lowest BCUT2D eigenvalue weighted by molar-refractivity contribution is 0.909. The molecule has 4 heteroatoms. The zero-order valence-corrected chi connectivity index (χ0v) is 10.8. The fourth-order valence-electron chi connectivity index (χ4n) is 1.65. The monoisotopic (exact) mass is 242 g/mol. The van der Waals surface area contributed by atoms with Crippen molar-refractivity contribution in [2.75, 3.05) is 13.1 Å². The van der Waals surface area contributed by atoms with Crippen molar-refractivity contribution in [3.63, 3.8) is 0 Å². The molecule has 4 nitrogen and oxygen atoms in total. The Kier molecular flexibility index (Phi) is 4.12. The van der Waals surface area contributed by atoms with Crippen LogP contribution in [0.2, 0.25) is 0 Å². The summed E-state index contributed by atoms with van der Waals surface area (Å²) in [6.45, 7) is 1.43. The predicted molar refractivity (Wildman–Crippen MR) is 75.7 cm³/mol. The van der Waals surface area contributed by atoms with Crippen molar-refractivity contribution in [1.82, 2.24) is 9.13 Å². The summed E-state index contributed by atoms with van der Waals surface area (Å²) >= 11 is 0. The van der Waals surface area contributed by atoms with Gasteiger partial charge >= 0.3 is 0 Å². The van der Waals surface area contributed by atoms with Crippen molar-refractivity contribution in [1.29, 1.82) is 0 Å². The summed E-state index contributed by atoms with van der Waals surface area (Å²) in [5.74, 6) is 0. The van der Waals surface area contributed by atoms with Crippen LogP contribution in [0.1, 0.15) is 11.4 Å². The number of aryl methyl sites for hydroxylation is 2. The van der Waals surface area contributed by atoms with Gasteiger partial charge in [0.1, 0.15) is 0 Å². The molecule has 0 aliphatic carbocycles. The fraction of sp³-hybridized carbons (Fsp3) is 0.286. The summed E-state index contributed by atoms with van der Waals surface area (Å²) in [5.41, 5.74) is 2.22. The summed E-state index contributed by atoms with van der Waals surface area (Å²) in [4.78, 5) is 8.70. The van der Waals surface area contributed by atoms with Crippen molar-refractivity contribution in [2.24, 2.45) is 24.1 Å². The van der Waals surface area contributed by atoms with Gasteiger partial charge in [-0.1, -0.05) is 0 Å². The first-order valence-electron chi connectivity index (χ1n) is 5.99. The minimum atomic E-state index is 0.714. The summed E-state index contributed by atoms with van der Waals surface area (Å²) in [5, 5.41) is 0. The van der Waals surface area contributed by atoms with E-state index in [1.165, 1.54) is 0 Å². The van der Waals surface area contributed by atoms with Crippen molar-refractivity contribution < 1.29 is 0 Å². The van der Waals surface area contributed by atoms with E-state index in [4.69, 9.17) is 0 Å². The number of hydrogen-bond acceptors (Lipinski definition) is 2. The SMILES string of the molecule is Cn1cccc1/C=N/CC/N=C/c1cccn1C. The van der Waals surface area contributed by atoms with Gasteiger partial charge in [-0.2, -0.15) is 0 Å². The minimum Gasteiger partial charge on any atom is -0.350 e. The second-order valence-electron chi connectivity index (χ2n) is 4.16. The van der Waals surface area contributed by atoms with E-state index in [0.717, 1.165) is 11.4 Å². The highest BCUT2D eigenvalue weighted by Crippen LogP contribution is 1.96. The first-order chi connectivity index (χ1) is 8.77. The second kappa shape index (κ2) is 6.00. The van der Waals surface area contributed by atoms with Gasteiger partial charge in [-0.3, -0.25) is 9.98 Å². The molecule has 0 saturated carbocycles. The van der Waals surface area contributed by atoms with Crippen LogP contribution in [-0.4, -0.2) is 34.7 Å². The van der Waals surface area contributed by atoms with Gasteiger partial charge < -0.3 is 9.13 Å². The Labute approximate surface area is 107 Å². The van der Waals surface area contributed by atoms with Gasteiger partial charge in [0.15, 0.2) is 0 Å². The highest BCUT2D eigenvalue weighted by molar-refractivity contribution is 5.78. The first-order valence-corrected chi connectivity index (χ1v) is 5.99. The summed E-state index contributed by atoms with van der Waals surface area (Å²) in [6.07, 6.45) is 7.79. The Hall–Kier alpha value is -2.10. The maximum absolute atomic E-state index is 4.35. The van der Waals surface area contributed by atoms with Crippen LogP contribution in [0.25, 0.3) is 0 Å². The topological polar surface area (TPSA) is 34.6 Å². The molecule has 0 aromatic carbocycles. The molecule has 2 aromatic heterocycles. The molecule has 18 heavy (non-hydrogen) atoms. The van der Waals surface area contributed by atoms with Crippen LogP contribution < -0.4 is 0 Å². The van der Waals surface area contributed by atoms with Crippen LogP contribution in [0, 0.1) is 0 Å². The fourth-order valence-corrected chi connectivity index (χ4v) is 1.65. The number of aromatic nitrogens is 2. The van der Waals surface area contributed by atoms with E-state index < -0.39 is 0 Å². The number of nitrogens with zero attached hydrogens (tertiary/aromatic N) is 4. The van der Waals surface area contributed by atoms with Gasteiger partial charge in [0.25, 0.3) is 0 Å². The molecule has 2 heterocycles. The molecule has 0 atom stereocenters. The molecule has 2 aromatic rings. The average Bonchev–Trinajstić information content (AvgIpc) is 2.94. The van der Waals surface area contributed by atoms with Gasteiger partial charge in [0.05, 0.1) is 24.5 Å². The minimum absolute atomic E-state index is 0.714.